The SMILES string of the molecule is COC1=CC(OC)=C2C1=COC1(c3ccc(Cl)cc3)C(c3cccc(F)c3)CC(NC=O)C21O. The largest absolute Gasteiger partial charge is 0.496 e. The molecular weight excluding hydrogens is 461 g/mol. The molecule has 1 heterocycles. The maximum atomic E-state index is 14.3. The molecule has 5 rings (SSSR count). The lowest BCUT2D eigenvalue weighted by Crippen LogP contribution is -2.62. The Hall–Kier alpha value is -3.29. The zero-order chi connectivity index (χ0) is 24.1. The minimum absolute atomic E-state index is 0.269. The number of amides is 1. The van der Waals surface area contributed by atoms with Crippen molar-refractivity contribution in [3.63, 3.8) is 0 Å². The van der Waals surface area contributed by atoms with Crippen molar-refractivity contribution in [2.45, 2.75) is 29.6 Å². The molecule has 0 spiro atoms. The zero-order valence-corrected chi connectivity index (χ0v) is 19.3. The summed E-state index contributed by atoms with van der Waals surface area (Å²) < 4.78 is 32.0. The van der Waals surface area contributed by atoms with Crippen LogP contribution in [0.2, 0.25) is 5.02 Å². The number of carbonyl (C=O) groups excluding carboxylic acids is 1. The molecule has 0 saturated heterocycles. The van der Waals surface area contributed by atoms with E-state index in [-0.39, 0.29) is 6.42 Å². The highest BCUT2D eigenvalue weighted by Crippen LogP contribution is 2.64. The smallest absolute Gasteiger partial charge is 0.207 e. The molecule has 4 atom stereocenters. The molecule has 2 aromatic rings. The van der Waals surface area contributed by atoms with Gasteiger partial charge < -0.3 is 24.6 Å². The average molecular weight is 484 g/mol. The summed E-state index contributed by atoms with van der Waals surface area (Å²) >= 11 is 6.17. The quantitative estimate of drug-likeness (QED) is 0.606. The Bertz CT molecular complexity index is 1240. The summed E-state index contributed by atoms with van der Waals surface area (Å²) in [5.74, 6) is -0.0946. The van der Waals surface area contributed by atoms with Crippen molar-refractivity contribution in [3.8, 4) is 0 Å². The van der Waals surface area contributed by atoms with Gasteiger partial charge >= 0.3 is 0 Å². The lowest BCUT2D eigenvalue weighted by molar-refractivity contribution is -0.147. The number of methoxy groups -OCH3 is 2. The van der Waals surface area contributed by atoms with Crippen molar-refractivity contribution in [1.82, 2.24) is 5.32 Å². The molecular formula is C26H23ClFNO5. The highest BCUT2D eigenvalue weighted by atomic mass is 35.5. The zero-order valence-electron chi connectivity index (χ0n) is 18.5. The van der Waals surface area contributed by atoms with Crippen LogP contribution >= 0.6 is 11.6 Å². The van der Waals surface area contributed by atoms with Crippen LogP contribution in [0.3, 0.4) is 0 Å². The van der Waals surface area contributed by atoms with Crippen LogP contribution in [-0.2, 0) is 24.6 Å². The monoisotopic (exact) mass is 483 g/mol. The topological polar surface area (TPSA) is 77.0 Å². The fourth-order valence-corrected chi connectivity index (χ4v) is 5.82. The summed E-state index contributed by atoms with van der Waals surface area (Å²) in [5, 5.41) is 16.0. The summed E-state index contributed by atoms with van der Waals surface area (Å²) in [6, 6.07) is 12.4. The van der Waals surface area contributed by atoms with Gasteiger partial charge in [-0.25, -0.2) is 4.39 Å². The number of carbonyl (C=O) groups is 1. The molecule has 2 aromatic carbocycles. The number of rotatable bonds is 6. The number of fused-ring (bicyclic) bond motifs is 3. The predicted molar refractivity (Wildman–Crippen MR) is 123 cm³/mol. The van der Waals surface area contributed by atoms with Gasteiger partial charge in [0.15, 0.2) is 11.2 Å². The van der Waals surface area contributed by atoms with Crippen LogP contribution in [-0.4, -0.2) is 37.4 Å². The number of allylic oxidation sites excluding steroid dienone is 2. The van der Waals surface area contributed by atoms with Crippen molar-refractivity contribution in [3.05, 3.63) is 106 Å². The summed E-state index contributed by atoms with van der Waals surface area (Å²) in [7, 11) is 3.01. The Morgan fingerprint density at radius 2 is 1.97 bits per heavy atom. The van der Waals surface area contributed by atoms with E-state index in [4.69, 9.17) is 25.8 Å². The standard InChI is InChI=1S/C26H23ClFNO5/c1-32-21-12-22(33-2)24-19(21)13-34-26(16-6-8-17(27)9-7-16)20(15-4-3-5-18(28)10-15)11-23(29-14-30)25(24,26)31/h3-10,12-14,20,23,31H,11H2,1-2H3,(H,29,30). The number of benzene rings is 2. The highest BCUT2D eigenvalue weighted by Gasteiger charge is 2.72. The second-order valence-corrected chi connectivity index (χ2v) is 8.93. The van der Waals surface area contributed by atoms with Crippen LogP contribution in [0.5, 0.6) is 0 Å². The molecule has 0 radical (unpaired) electrons. The number of ether oxygens (including phenoxy) is 3. The van der Waals surface area contributed by atoms with Crippen LogP contribution < -0.4 is 5.32 Å². The predicted octanol–water partition coefficient (Wildman–Crippen LogP) is 4.07. The number of hydrogen-bond acceptors (Lipinski definition) is 5. The molecule has 0 bridgehead atoms. The molecule has 1 aliphatic heterocycles. The van der Waals surface area contributed by atoms with Gasteiger partial charge in [0.25, 0.3) is 0 Å². The van der Waals surface area contributed by atoms with E-state index >= 15 is 0 Å². The van der Waals surface area contributed by atoms with Gasteiger partial charge in [-0.15, -0.1) is 0 Å². The van der Waals surface area contributed by atoms with Crippen molar-refractivity contribution in [2.24, 2.45) is 0 Å². The molecule has 1 fully saturated rings. The van der Waals surface area contributed by atoms with Crippen LogP contribution in [0.15, 0.2) is 83.5 Å². The van der Waals surface area contributed by atoms with E-state index in [9.17, 15) is 14.3 Å². The molecule has 4 unspecified atom stereocenters. The van der Waals surface area contributed by atoms with Gasteiger partial charge in [-0.3, -0.25) is 4.79 Å². The van der Waals surface area contributed by atoms with Crippen molar-refractivity contribution < 1.29 is 28.5 Å². The maximum absolute atomic E-state index is 14.3. The fourth-order valence-electron chi connectivity index (χ4n) is 5.70. The Morgan fingerprint density at radius 3 is 2.62 bits per heavy atom. The van der Waals surface area contributed by atoms with E-state index in [1.165, 1.54) is 32.6 Å². The van der Waals surface area contributed by atoms with Crippen molar-refractivity contribution in [2.75, 3.05) is 14.2 Å². The molecule has 1 saturated carbocycles. The van der Waals surface area contributed by atoms with Crippen molar-refractivity contribution in [1.29, 1.82) is 0 Å². The number of aliphatic hydroxyl groups is 1. The van der Waals surface area contributed by atoms with Gasteiger partial charge in [0.1, 0.15) is 17.3 Å². The van der Waals surface area contributed by atoms with Crippen LogP contribution in [0.25, 0.3) is 0 Å². The first kappa shape index (κ1) is 22.5. The van der Waals surface area contributed by atoms with E-state index in [1.54, 1.807) is 42.5 Å². The van der Waals surface area contributed by atoms with E-state index in [1.807, 2.05) is 0 Å². The van der Waals surface area contributed by atoms with E-state index in [0.717, 1.165) is 0 Å². The molecule has 34 heavy (non-hydrogen) atoms. The maximum Gasteiger partial charge on any atom is 0.207 e. The van der Waals surface area contributed by atoms with Gasteiger partial charge in [0.05, 0.1) is 32.1 Å². The fraction of sp³-hybridized carbons (Fsp3) is 0.269. The number of nitrogens with one attached hydrogen (secondary N) is 1. The second-order valence-electron chi connectivity index (χ2n) is 8.49. The molecule has 2 N–H and O–H groups in total. The third kappa shape index (κ3) is 2.93. The van der Waals surface area contributed by atoms with Gasteiger partial charge in [-0.2, -0.15) is 0 Å². The highest BCUT2D eigenvalue weighted by molar-refractivity contribution is 6.30. The Kier molecular flexibility index (Phi) is 5.41. The summed E-state index contributed by atoms with van der Waals surface area (Å²) in [6.07, 6.45) is 4.03. The second kappa shape index (κ2) is 8.18. The number of halogens is 2. The summed E-state index contributed by atoms with van der Waals surface area (Å²) in [4.78, 5) is 11.7. The van der Waals surface area contributed by atoms with Gasteiger partial charge in [0, 0.05) is 22.6 Å². The van der Waals surface area contributed by atoms with Crippen LogP contribution in [0, 0.1) is 5.82 Å². The van der Waals surface area contributed by atoms with Crippen LogP contribution in [0.1, 0.15) is 23.5 Å². The van der Waals surface area contributed by atoms with Gasteiger partial charge in [-0.1, -0.05) is 35.9 Å². The van der Waals surface area contributed by atoms with E-state index < -0.39 is 29.0 Å². The van der Waals surface area contributed by atoms with Gasteiger partial charge in [-0.05, 0) is 41.8 Å². The third-order valence-corrected chi connectivity index (χ3v) is 7.30. The number of hydrogen-bond donors (Lipinski definition) is 2. The third-order valence-electron chi connectivity index (χ3n) is 7.05. The average Bonchev–Trinajstić information content (AvgIpc) is 3.34. The molecule has 2 aliphatic carbocycles. The normalized spacial score (nSPS) is 29.4. The first-order chi connectivity index (χ1) is 16.4. The Balaban J connectivity index is 1.84. The summed E-state index contributed by atoms with van der Waals surface area (Å²) in [6.45, 7) is 0. The molecule has 176 valence electrons. The lowest BCUT2D eigenvalue weighted by Gasteiger charge is -2.50. The van der Waals surface area contributed by atoms with Crippen molar-refractivity contribution >= 4 is 18.0 Å². The minimum atomic E-state index is -1.80. The molecule has 1 amide bonds. The van der Waals surface area contributed by atoms with E-state index in [2.05, 4.69) is 5.32 Å². The minimum Gasteiger partial charge on any atom is -0.496 e. The summed E-state index contributed by atoms with van der Waals surface area (Å²) in [5.41, 5.74) is -1.04. The Labute approximate surface area is 201 Å². The van der Waals surface area contributed by atoms with Crippen LogP contribution in [0.4, 0.5) is 4.39 Å². The first-order valence-electron chi connectivity index (χ1n) is 10.8. The molecule has 3 aliphatic rings. The molecule has 0 aromatic heterocycles. The Morgan fingerprint density at radius 1 is 1.21 bits per heavy atom. The lowest BCUT2D eigenvalue weighted by atomic mass is 9.67. The first-order valence-corrected chi connectivity index (χ1v) is 11.1. The van der Waals surface area contributed by atoms with Gasteiger partial charge in [0.2, 0.25) is 6.41 Å². The molecule has 6 nitrogen and oxygen atoms in total. The molecule has 8 heteroatoms. The van der Waals surface area contributed by atoms with E-state index in [0.29, 0.717) is 45.2 Å².